The molecule has 1 aromatic carbocycles. The molecule has 2 aromatic rings. The smallest absolute Gasteiger partial charge is 0.238 e. The van der Waals surface area contributed by atoms with Crippen molar-refractivity contribution in [1.29, 1.82) is 0 Å². The van der Waals surface area contributed by atoms with E-state index < -0.39 is 0 Å². The van der Waals surface area contributed by atoms with Gasteiger partial charge in [-0.3, -0.25) is 4.79 Å². The number of nitrogens with zero attached hydrogens (tertiary/aromatic N) is 4. The Labute approximate surface area is 165 Å². The molecule has 7 nitrogen and oxygen atoms in total. The second-order valence-corrected chi connectivity index (χ2v) is 7.88. The highest BCUT2D eigenvalue weighted by atomic mass is 79.9. The molecule has 9 heteroatoms. The molecule has 140 valence electrons. The molecule has 0 unspecified atom stereocenters. The normalized spacial score (nSPS) is 18.8. The predicted molar refractivity (Wildman–Crippen MR) is 105 cm³/mol. The van der Waals surface area contributed by atoms with Crippen LogP contribution in [0.5, 0.6) is 5.75 Å². The van der Waals surface area contributed by atoms with Gasteiger partial charge in [0.15, 0.2) is 0 Å². The molecule has 0 saturated carbocycles. The zero-order valence-corrected chi connectivity index (χ0v) is 17.6. The van der Waals surface area contributed by atoms with Crippen molar-refractivity contribution in [1.82, 2.24) is 19.8 Å². The Balaban J connectivity index is 2.02. The fourth-order valence-corrected chi connectivity index (χ4v) is 4.76. The van der Waals surface area contributed by atoms with Gasteiger partial charge in [-0.2, -0.15) is 0 Å². The number of carbonyl (C=O) groups is 1. The summed E-state index contributed by atoms with van der Waals surface area (Å²) in [6.07, 6.45) is 0. The number of benzene rings is 1. The lowest BCUT2D eigenvalue weighted by Gasteiger charge is -2.35. The number of thioether (sulfide) groups is 1. The van der Waals surface area contributed by atoms with Crippen molar-refractivity contribution >= 4 is 33.6 Å². The van der Waals surface area contributed by atoms with Crippen LogP contribution in [0.1, 0.15) is 31.3 Å². The molecule has 2 atom stereocenters. The summed E-state index contributed by atoms with van der Waals surface area (Å²) < 4.78 is 8.02. The maximum atomic E-state index is 13.1. The van der Waals surface area contributed by atoms with Gasteiger partial charge in [-0.15, -0.1) is 10.2 Å². The third kappa shape index (κ3) is 3.42. The summed E-state index contributed by atoms with van der Waals surface area (Å²) in [5.41, 5.74) is 4.42. The Morgan fingerprint density at radius 2 is 2.12 bits per heavy atom. The van der Waals surface area contributed by atoms with Crippen LogP contribution in [0, 0.1) is 6.92 Å². The first-order valence-corrected chi connectivity index (χ1v) is 10.1. The maximum absolute atomic E-state index is 13.1. The summed E-state index contributed by atoms with van der Waals surface area (Å²) in [7, 11) is 1.63. The van der Waals surface area contributed by atoms with Crippen molar-refractivity contribution in [3.63, 3.8) is 0 Å². The van der Waals surface area contributed by atoms with Crippen molar-refractivity contribution in [3.8, 4) is 5.75 Å². The number of aryl methyl sites for hydroxylation is 1. The summed E-state index contributed by atoms with van der Waals surface area (Å²) in [5, 5.41) is 8.69. The molecule has 3 rings (SSSR count). The van der Waals surface area contributed by atoms with E-state index in [1.165, 1.54) is 11.8 Å². The molecule has 0 spiro atoms. The molecular weight excluding hydrogens is 418 g/mol. The number of halogens is 1. The molecule has 1 N–H and O–H groups in total. The van der Waals surface area contributed by atoms with Crippen LogP contribution < -0.4 is 10.2 Å². The number of rotatable bonds is 5. The van der Waals surface area contributed by atoms with Gasteiger partial charge in [-0.1, -0.05) is 17.8 Å². The molecule has 1 amide bonds. The Hall–Kier alpha value is -1.74. The lowest BCUT2D eigenvalue weighted by atomic mass is 10.0. The molecule has 0 fully saturated rings. The van der Waals surface area contributed by atoms with Gasteiger partial charge in [-0.05, 0) is 54.4 Å². The molecule has 2 heterocycles. The number of hydrogen-bond acceptors (Lipinski definition) is 6. The van der Waals surface area contributed by atoms with E-state index in [0.29, 0.717) is 18.2 Å². The fourth-order valence-electron chi connectivity index (χ4n) is 2.99. The number of methoxy groups -OCH3 is 1. The second-order valence-electron chi connectivity index (χ2n) is 5.91. The van der Waals surface area contributed by atoms with Gasteiger partial charge in [0.1, 0.15) is 16.8 Å². The van der Waals surface area contributed by atoms with E-state index in [4.69, 9.17) is 4.74 Å². The van der Waals surface area contributed by atoms with Gasteiger partial charge in [0.2, 0.25) is 11.1 Å². The standard InChI is InChI=1S/C17H22BrN5O2S/c1-5-22(6-2)16(24)15-14(11-7-8-13(25-4)12(18)9-11)21-23-10(3)19-20-17(23)26-15/h7-9,14-15,21H,5-6H2,1-4H3/t14-,15+/m1/s1. The van der Waals surface area contributed by atoms with Crippen LogP contribution in [0.3, 0.4) is 0 Å². The van der Waals surface area contributed by atoms with Gasteiger partial charge >= 0.3 is 0 Å². The molecule has 0 aliphatic carbocycles. The number of hydrogen-bond donors (Lipinski definition) is 1. The highest BCUT2D eigenvalue weighted by Gasteiger charge is 2.39. The van der Waals surface area contributed by atoms with Gasteiger partial charge in [0.05, 0.1) is 17.6 Å². The van der Waals surface area contributed by atoms with Crippen molar-refractivity contribution in [3.05, 3.63) is 34.1 Å². The van der Waals surface area contributed by atoms with Gasteiger partial charge in [-0.25, -0.2) is 4.68 Å². The summed E-state index contributed by atoms with van der Waals surface area (Å²) in [6, 6.07) is 5.66. The number of amides is 1. The first kappa shape index (κ1) is 19.0. The summed E-state index contributed by atoms with van der Waals surface area (Å²) >= 11 is 4.99. The molecule has 0 saturated heterocycles. The largest absolute Gasteiger partial charge is 0.496 e. The Morgan fingerprint density at radius 3 is 2.73 bits per heavy atom. The van der Waals surface area contributed by atoms with Gasteiger partial charge < -0.3 is 15.1 Å². The Bertz CT molecular complexity index is 808. The summed E-state index contributed by atoms with van der Waals surface area (Å²) in [5.74, 6) is 1.61. The Morgan fingerprint density at radius 1 is 1.38 bits per heavy atom. The average Bonchev–Trinajstić information content (AvgIpc) is 3.01. The first-order chi connectivity index (χ1) is 12.5. The monoisotopic (exact) mass is 439 g/mol. The SMILES string of the molecule is CCN(CC)C(=O)[C@H]1Sc2nnc(C)n2N[C@@H]1c1ccc(OC)c(Br)c1. The zero-order valence-electron chi connectivity index (χ0n) is 15.2. The van der Waals surface area contributed by atoms with Gasteiger partial charge in [0.25, 0.3) is 0 Å². The van der Waals surface area contributed by atoms with Crippen LogP contribution in [0.15, 0.2) is 27.8 Å². The van der Waals surface area contributed by atoms with Crippen molar-refractivity contribution < 1.29 is 9.53 Å². The zero-order chi connectivity index (χ0) is 18.8. The molecule has 1 aliphatic rings. The summed E-state index contributed by atoms with van der Waals surface area (Å²) in [6.45, 7) is 7.23. The third-order valence-corrected chi connectivity index (χ3v) is 6.27. The minimum Gasteiger partial charge on any atom is -0.496 e. The average molecular weight is 440 g/mol. The van der Waals surface area contributed by atoms with E-state index in [0.717, 1.165) is 21.6 Å². The minimum absolute atomic E-state index is 0.0938. The minimum atomic E-state index is -0.328. The number of aromatic nitrogens is 3. The molecular formula is C17H22BrN5O2S. The summed E-state index contributed by atoms with van der Waals surface area (Å²) in [4.78, 5) is 15.0. The third-order valence-electron chi connectivity index (χ3n) is 4.45. The van der Waals surface area contributed by atoms with Crippen molar-refractivity contribution in [2.24, 2.45) is 0 Å². The quantitative estimate of drug-likeness (QED) is 0.771. The topological polar surface area (TPSA) is 72.3 Å². The van der Waals surface area contributed by atoms with E-state index in [1.807, 2.05) is 48.5 Å². The van der Waals surface area contributed by atoms with Crippen LogP contribution >= 0.6 is 27.7 Å². The highest BCUT2D eigenvalue weighted by Crippen LogP contribution is 2.39. The van der Waals surface area contributed by atoms with Crippen LogP contribution in [0.2, 0.25) is 0 Å². The Kier molecular flexibility index (Phi) is 5.76. The van der Waals surface area contributed by atoms with E-state index in [-0.39, 0.29) is 17.2 Å². The lowest BCUT2D eigenvalue weighted by molar-refractivity contribution is -0.130. The molecule has 1 aliphatic heterocycles. The molecule has 1 aromatic heterocycles. The van der Waals surface area contributed by atoms with E-state index >= 15 is 0 Å². The molecule has 26 heavy (non-hydrogen) atoms. The van der Waals surface area contributed by atoms with Crippen molar-refractivity contribution in [2.75, 3.05) is 25.6 Å². The predicted octanol–water partition coefficient (Wildman–Crippen LogP) is 2.99. The highest BCUT2D eigenvalue weighted by molar-refractivity contribution is 9.10. The van der Waals surface area contributed by atoms with Crippen LogP contribution in [0.25, 0.3) is 0 Å². The number of nitrogens with one attached hydrogen (secondary N) is 1. The maximum Gasteiger partial charge on any atom is 0.238 e. The van der Waals surface area contributed by atoms with Crippen LogP contribution in [-0.4, -0.2) is 51.1 Å². The lowest BCUT2D eigenvalue weighted by Crippen LogP contribution is -2.46. The first-order valence-electron chi connectivity index (χ1n) is 8.47. The van der Waals surface area contributed by atoms with E-state index in [9.17, 15) is 4.79 Å². The van der Waals surface area contributed by atoms with Crippen molar-refractivity contribution in [2.45, 2.75) is 37.2 Å². The number of ether oxygens (including phenoxy) is 1. The van der Waals surface area contributed by atoms with E-state index in [1.54, 1.807) is 7.11 Å². The van der Waals surface area contributed by atoms with Gasteiger partial charge in [0, 0.05) is 13.1 Å². The number of carbonyl (C=O) groups excluding carboxylic acids is 1. The van der Waals surface area contributed by atoms with Crippen LogP contribution in [0.4, 0.5) is 0 Å². The molecule has 0 bridgehead atoms. The van der Waals surface area contributed by atoms with Crippen LogP contribution in [-0.2, 0) is 4.79 Å². The van der Waals surface area contributed by atoms with E-state index in [2.05, 4.69) is 31.6 Å². The molecule has 0 radical (unpaired) electrons. The second kappa shape index (κ2) is 7.87. The number of fused-ring (bicyclic) bond motifs is 1. The fraction of sp³-hybridized carbons (Fsp3) is 0.471.